The summed E-state index contributed by atoms with van der Waals surface area (Å²) < 4.78 is 6.59. The number of hydrogen-bond acceptors (Lipinski definition) is 2. The molecule has 2 saturated carbocycles. The van der Waals surface area contributed by atoms with E-state index in [0.717, 1.165) is 18.4 Å². The maximum atomic E-state index is 6.59. The maximum Gasteiger partial charge on any atom is 0.0736 e. The molecule has 0 radical (unpaired) electrons. The van der Waals surface area contributed by atoms with Crippen LogP contribution in [0.2, 0.25) is 0 Å². The Balaban J connectivity index is 1.93. The second-order valence-corrected chi connectivity index (χ2v) is 8.14. The highest BCUT2D eigenvalue weighted by molar-refractivity contribution is 4.91. The van der Waals surface area contributed by atoms with Crippen LogP contribution >= 0.6 is 0 Å². The minimum Gasteiger partial charge on any atom is -0.373 e. The molecule has 0 aromatic heterocycles. The molecule has 0 aromatic carbocycles. The molecule has 2 heteroatoms. The molecule has 2 rings (SSSR count). The van der Waals surface area contributed by atoms with Gasteiger partial charge in [0.05, 0.1) is 12.2 Å². The van der Waals surface area contributed by atoms with Gasteiger partial charge < -0.3 is 10.1 Å². The van der Waals surface area contributed by atoms with Crippen molar-refractivity contribution in [1.29, 1.82) is 0 Å². The highest BCUT2D eigenvalue weighted by Crippen LogP contribution is 2.39. The van der Waals surface area contributed by atoms with E-state index in [1.165, 1.54) is 38.5 Å². The molecule has 0 bridgehead atoms. The van der Waals surface area contributed by atoms with Crippen molar-refractivity contribution in [3.8, 4) is 0 Å². The van der Waals surface area contributed by atoms with Crippen LogP contribution in [0.5, 0.6) is 0 Å². The van der Waals surface area contributed by atoms with Crippen molar-refractivity contribution < 1.29 is 4.74 Å². The Labute approximate surface area is 126 Å². The summed E-state index contributed by atoms with van der Waals surface area (Å²) in [7, 11) is 0. The lowest BCUT2D eigenvalue weighted by Crippen LogP contribution is -2.49. The lowest BCUT2D eigenvalue weighted by molar-refractivity contribution is -0.0916. The van der Waals surface area contributed by atoms with Gasteiger partial charge in [-0.25, -0.2) is 0 Å². The molecule has 0 saturated heterocycles. The number of nitrogens with one attached hydrogen (secondary N) is 1. The Kier molecular flexibility index (Phi) is 5.53. The van der Waals surface area contributed by atoms with Crippen LogP contribution in [0.15, 0.2) is 0 Å². The molecule has 20 heavy (non-hydrogen) atoms. The summed E-state index contributed by atoms with van der Waals surface area (Å²) in [6.07, 6.45) is 8.59. The second kappa shape index (κ2) is 6.79. The number of hydrogen-bond donors (Lipinski definition) is 1. The summed E-state index contributed by atoms with van der Waals surface area (Å²) in [6, 6.07) is 0.572. The van der Waals surface area contributed by atoms with Crippen LogP contribution in [0.1, 0.15) is 73.1 Å². The molecule has 0 spiro atoms. The largest absolute Gasteiger partial charge is 0.373 e. The van der Waals surface area contributed by atoms with Crippen LogP contribution in [0.4, 0.5) is 0 Å². The highest BCUT2D eigenvalue weighted by Gasteiger charge is 2.37. The molecular weight excluding hydrogens is 246 g/mol. The van der Waals surface area contributed by atoms with E-state index in [9.17, 15) is 0 Å². The van der Waals surface area contributed by atoms with E-state index < -0.39 is 0 Å². The van der Waals surface area contributed by atoms with E-state index in [1.54, 1.807) is 0 Å². The fourth-order valence-electron chi connectivity index (χ4n) is 4.03. The van der Waals surface area contributed by atoms with Crippen molar-refractivity contribution in [2.75, 3.05) is 6.54 Å². The zero-order chi connectivity index (χ0) is 14.8. The van der Waals surface area contributed by atoms with Gasteiger partial charge in [-0.3, -0.25) is 0 Å². The van der Waals surface area contributed by atoms with Gasteiger partial charge in [0.2, 0.25) is 0 Å². The van der Waals surface area contributed by atoms with Crippen LogP contribution in [0.3, 0.4) is 0 Å². The molecule has 0 aliphatic heterocycles. The lowest BCUT2D eigenvalue weighted by Gasteiger charge is -2.43. The second-order valence-electron chi connectivity index (χ2n) is 8.14. The Morgan fingerprint density at radius 3 is 2.50 bits per heavy atom. The molecule has 2 aliphatic carbocycles. The van der Waals surface area contributed by atoms with Crippen LogP contribution in [0.25, 0.3) is 0 Å². The van der Waals surface area contributed by atoms with Gasteiger partial charge in [-0.05, 0) is 62.3 Å². The number of likely N-dealkylation sites (N-methyl/N-ethyl adjacent to an activating group) is 1. The quantitative estimate of drug-likeness (QED) is 0.825. The van der Waals surface area contributed by atoms with Crippen molar-refractivity contribution >= 4 is 0 Å². The van der Waals surface area contributed by atoms with Gasteiger partial charge in [0.25, 0.3) is 0 Å². The first-order valence-electron chi connectivity index (χ1n) is 8.80. The Bertz CT molecular complexity index is 302. The Hall–Kier alpha value is -0.0800. The topological polar surface area (TPSA) is 21.3 Å². The van der Waals surface area contributed by atoms with Crippen LogP contribution in [-0.4, -0.2) is 24.8 Å². The predicted molar refractivity (Wildman–Crippen MR) is 85.9 cm³/mol. The molecule has 0 heterocycles. The molecule has 0 aromatic rings. The maximum absolute atomic E-state index is 6.59. The summed E-state index contributed by atoms with van der Waals surface area (Å²) in [6.45, 7) is 12.9. The van der Waals surface area contributed by atoms with Crippen LogP contribution in [0, 0.1) is 17.3 Å². The normalized spacial score (nSPS) is 41.5. The zero-order valence-corrected chi connectivity index (χ0v) is 14.2. The third-order valence-electron chi connectivity index (χ3n) is 5.72. The van der Waals surface area contributed by atoms with Crippen LogP contribution in [-0.2, 0) is 4.74 Å². The SMILES string of the molecule is CCNC1CCC(C)(C)CC1OC1CCC(C)C(C)C1. The fraction of sp³-hybridized carbons (Fsp3) is 1.00. The van der Waals surface area contributed by atoms with E-state index in [4.69, 9.17) is 4.74 Å². The van der Waals surface area contributed by atoms with E-state index in [-0.39, 0.29) is 0 Å². The van der Waals surface area contributed by atoms with Crippen molar-refractivity contribution in [3.05, 3.63) is 0 Å². The third-order valence-corrected chi connectivity index (χ3v) is 5.72. The molecule has 2 nitrogen and oxygen atoms in total. The molecule has 1 N–H and O–H groups in total. The summed E-state index contributed by atoms with van der Waals surface area (Å²) in [5.74, 6) is 1.70. The van der Waals surface area contributed by atoms with E-state index in [2.05, 4.69) is 39.9 Å². The van der Waals surface area contributed by atoms with Crippen molar-refractivity contribution in [3.63, 3.8) is 0 Å². The molecule has 2 aliphatic rings. The number of ether oxygens (including phenoxy) is 1. The van der Waals surface area contributed by atoms with Gasteiger partial charge in [-0.15, -0.1) is 0 Å². The van der Waals surface area contributed by atoms with Gasteiger partial charge in [0, 0.05) is 6.04 Å². The van der Waals surface area contributed by atoms with Crippen LogP contribution < -0.4 is 5.32 Å². The number of rotatable bonds is 4. The first-order chi connectivity index (χ1) is 9.41. The standard InChI is InChI=1S/C18H35NO/c1-6-19-16-9-10-18(4,5)12-17(16)20-15-8-7-13(2)14(3)11-15/h13-17,19H,6-12H2,1-5H3. The summed E-state index contributed by atoms with van der Waals surface area (Å²) in [4.78, 5) is 0. The van der Waals surface area contributed by atoms with Gasteiger partial charge >= 0.3 is 0 Å². The first-order valence-corrected chi connectivity index (χ1v) is 8.80. The monoisotopic (exact) mass is 281 g/mol. The van der Waals surface area contributed by atoms with Gasteiger partial charge in [-0.2, -0.15) is 0 Å². The highest BCUT2D eigenvalue weighted by atomic mass is 16.5. The zero-order valence-electron chi connectivity index (χ0n) is 14.2. The van der Waals surface area contributed by atoms with Crippen molar-refractivity contribution in [2.45, 2.75) is 91.4 Å². The van der Waals surface area contributed by atoms with E-state index in [0.29, 0.717) is 23.7 Å². The average Bonchev–Trinajstić information content (AvgIpc) is 2.37. The van der Waals surface area contributed by atoms with Crippen molar-refractivity contribution in [1.82, 2.24) is 5.32 Å². The molecule has 0 amide bonds. The molecule has 118 valence electrons. The predicted octanol–water partition coefficient (Wildman–Crippen LogP) is 4.38. The summed E-state index contributed by atoms with van der Waals surface area (Å²) in [5, 5.41) is 3.66. The Morgan fingerprint density at radius 1 is 1.10 bits per heavy atom. The molecule has 5 atom stereocenters. The third kappa shape index (κ3) is 4.21. The fourth-order valence-corrected chi connectivity index (χ4v) is 4.03. The molecule has 5 unspecified atom stereocenters. The van der Waals surface area contributed by atoms with Crippen molar-refractivity contribution in [2.24, 2.45) is 17.3 Å². The first kappa shape index (κ1) is 16.3. The van der Waals surface area contributed by atoms with Gasteiger partial charge in [-0.1, -0.05) is 34.6 Å². The lowest BCUT2D eigenvalue weighted by atomic mass is 9.73. The molecular formula is C18H35NO. The summed E-state index contributed by atoms with van der Waals surface area (Å²) >= 11 is 0. The van der Waals surface area contributed by atoms with Gasteiger partial charge in [0.15, 0.2) is 0 Å². The summed E-state index contributed by atoms with van der Waals surface area (Å²) in [5.41, 5.74) is 0.449. The minimum atomic E-state index is 0.421. The van der Waals surface area contributed by atoms with E-state index in [1.807, 2.05) is 0 Å². The molecule has 2 fully saturated rings. The van der Waals surface area contributed by atoms with Gasteiger partial charge in [0.1, 0.15) is 0 Å². The van der Waals surface area contributed by atoms with E-state index >= 15 is 0 Å². The minimum absolute atomic E-state index is 0.421. The Morgan fingerprint density at radius 2 is 1.85 bits per heavy atom. The smallest absolute Gasteiger partial charge is 0.0736 e. The average molecular weight is 281 g/mol.